The number of imidazole rings is 1. The van der Waals surface area contributed by atoms with Crippen LogP contribution in [0.3, 0.4) is 0 Å². The van der Waals surface area contributed by atoms with Crippen molar-refractivity contribution >= 4 is 0 Å². The molecule has 0 spiro atoms. The zero-order valence-electron chi connectivity index (χ0n) is 11.0. The van der Waals surface area contributed by atoms with Crippen molar-refractivity contribution in [2.75, 3.05) is 6.54 Å². The van der Waals surface area contributed by atoms with Gasteiger partial charge in [0.25, 0.3) is 0 Å². The highest BCUT2D eigenvalue weighted by Crippen LogP contribution is 2.25. The Morgan fingerprint density at radius 2 is 1.94 bits per heavy atom. The number of aromatic amines is 1. The molecule has 1 atom stereocenters. The highest BCUT2D eigenvalue weighted by molar-refractivity contribution is 5.60. The number of hydrogen-bond donors (Lipinski definition) is 2. The molecular weight excluding hydrogens is 222 g/mol. The quantitative estimate of drug-likeness (QED) is 0.848. The standard InChI is InChI=1S/C15H19N3/c1-10-6-11(2)8-12(7-10)14-9-17-15(18-14)13-4-3-5-16-13/h6-9,13,16H,3-5H2,1-2H3,(H,17,18). The predicted octanol–water partition coefficient (Wildman–Crippen LogP) is 3.12. The van der Waals surface area contributed by atoms with Gasteiger partial charge in [-0.15, -0.1) is 0 Å². The molecular formula is C15H19N3. The molecule has 2 heterocycles. The monoisotopic (exact) mass is 241 g/mol. The lowest BCUT2D eigenvalue weighted by Crippen LogP contribution is -2.14. The van der Waals surface area contributed by atoms with Crippen LogP contribution in [0.5, 0.6) is 0 Å². The molecule has 0 aliphatic carbocycles. The number of aryl methyl sites for hydroxylation is 2. The van der Waals surface area contributed by atoms with Crippen molar-refractivity contribution in [2.45, 2.75) is 32.7 Å². The molecule has 0 radical (unpaired) electrons. The molecule has 2 aromatic rings. The van der Waals surface area contributed by atoms with Crippen LogP contribution < -0.4 is 5.32 Å². The summed E-state index contributed by atoms with van der Waals surface area (Å²) < 4.78 is 0. The molecule has 1 aliphatic heterocycles. The van der Waals surface area contributed by atoms with Crippen molar-refractivity contribution in [2.24, 2.45) is 0 Å². The minimum absolute atomic E-state index is 0.407. The summed E-state index contributed by atoms with van der Waals surface area (Å²) in [5.74, 6) is 1.07. The molecule has 1 aromatic carbocycles. The van der Waals surface area contributed by atoms with Crippen LogP contribution >= 0.6 is 0 Å². The van der Waals surface area contributed by atoms with Gasteiger partial charge in [0, 0.05) is 5.56 Å². The third kappa shape index (κ3) is 2.18. The van der Waals surface area contributed by atoms with Gasteiger partial charge < -0.3 is 10.3 Å². The highest BCUT2D eigenvalue weighted by atomic mass is 15.0. The fourth-order valence-electron chi connectivity index (χ4n) is 2.71. The van der Waals surface area contributed by atoms with Crippen molar-refractivity contribution in [3.05, 3.63) is 41.3 Å². The summed E-state index contributed by atoms with van der Waals surface area (Å²) >= 11 is 0. The van der Waals surface area contributed by atoms with E-state index in [0.717, 1.165) is 18.1 Å². The van der Waals surface area contributed by atoms with E-state index in [9.17, 15) is 0 Å². The molecule has 1 aliphatic rings. The average Bonchev–Trinajstić information content (AvgIpc) is 2.99. The van der Waals surface area contributed by atoms with Crippen LogP contribution in [0.2, 0.25) is 0 Å². The van der Waals surface area contributed by atoms with E-state index in [-0.39, 0.29) is 0 Å². The third-order valence-electron chi connectivity index (χ3n) is 3.52. The summed E-state index contributed by atoms with van der Waals surface area (Å²) in [7, 11) is 0. The third-order valence-corrected chi connectivity index (χ3v) is 3.52. The molecule has 1 fully saturated rings. The molecule has 1 unspecified atom stereocenters. The Kier molecular flexibility index (Phi) is 2.92. The zero-order valence-corrected chi connectivity index (χ0v) is 11.0. The summed E-state index contributed by atoms with van der Waals surface area (Å²) in [6.07, 6.45) is 4.37. The molecule has 3 heteroatoms. The second-order valence-electron chi connectivity index (χ2n) is 5.21. The van der Waals surface area contributed by atoms with Crippen molar-refractivity contribution in [3.63, 3.8) is 0 Å². The Labute approximate surface area is 108 Å². The maximum absolute atomic E-state index is 4.52. The van der Waals surface area contributed by atoms with Crippen molar-refractivity contribution < 1.29 is 0 Å². The summed E-state index contributed by atoms with van der Waals surface area (Å²) in [6, 6.07) is 7.00. The minimum atomic E-state index is 0.407. The SMILES string of the molecule is Cc1cc(C)cc(-c2cnc(C3CCCN3)[nH]2)c1. The fourth-order valence-corrected chi connectivity index (χ4v) is 2.71. The summed E-state index contributed by atoms with van der Waals surface area (Å²) in [5.41, 5.74) is 4.93. The smallest absolute Gasteiger partial charge is 0.123 e. The molecule has 0 bridgehead atoms. The van der Waals surface area contributed by atoms with Crippen molar-refractivity contribution in [3.8, 4) is 11.3 Å². The second kappa shape index (κ2) is 4.58. The number of hydrogen-bond acceptors (Lipinski definition) is 2. The van der Waals surface area contributed by atoms with Crippen LogP contribution in [0.4, 0.5) is 0 Å². The maximum atomic E-state index is 4.52. The van der Waals surface area contributed by atoms with E-state index in [4.69, 9.17) is 0 Å². The van der Waals surface area contributed by atoms with Gasteiger partial charge >= 0.3 is 0 Å². The molecule has 3 rings (SSSR count). The first-order valence-electron chi connectivity index (χ1n) is 6.59. The average molecular weight is 241 g/mol. The first-order valence-corrected chi connectivity index (χ1v) is 6.59. The normalized spacial score (nSPS) is 19.3. The van der Waals surface area contributed by atoms with Gasteiger partial charge in [0.05, 0.1) is 17.9 Å². The lowest BCUT2D eigenvalue weighted by molar-refractivity contribution is 0.613. The van der Waals surface area contributed by atoms with Gasteiger partial charge in [-0.05, 0) is 45.4 Å². The summed E-state index contributed by atoms with van der Waals surface area (Å²) in [6.45, 7) is 5.36. The van der Waals surface area contributed by atoms with Gasteiger partial charge in [0.2, 0.25) is 0 Å². The van der Waals surface area contributed by atoms with E-state index in [1.165, 1.54) is 29.5 Å². The van der Waals surface area contributed by atoms with Crippen LogP contribution in [0, 0.1) is 13.8 Å². The predicted molar refractivity (Wildman–Crippen MR) is 73.5 cm³/mol. The van der Waals surface area contributed by atoms with E-state index in [1.54, 1.807) is 0 Å². The van der Waals surface area contributed by atoms with E-state index >= 15 is 0 Å². The second-order valence-corrected chi connectivity index (χ2v) is 5.21. The first-order chi connectivity index (χ1) is 8.72. The minimum Gasteiger partial charge on any atom is -0.341 e. The van der Waals surface area contributed by atoms with E-state index in [2.05, 4.69) is 47.3 Å². The van der Waals surface area contributed by atoms with Crippen LogP contribution in [0.1, 0.15) is 35.8 Å². The van der Waals surface area contributed by atoms with Gasteiger partial charge in [0.15, 0.2) is 0 Å². The fraction of sp³-hybridized carbons (Fsp3) is 0.400. The Balaban J connectivity index is 1.92. The largest absolute Gasteiger partial charge is 0.341 e. The van der Waals surface area contributed by atoms with Crippen LogP contribution in [0.15, 0.2) is 24.4 Å². The molecule has 0 saturated carbocycles. The topological polar surface area (TPSA) is 40.7 Å². The van der Waals surface area contributed by atoms with Crippen LogP contribution in [-0.2, 0) is 0 Å². The number of H-pyrrole nitrogens is 1. The van der Waals surface area contributed by atoms with Crippen molar-refractivity contribution in [1.82, 2.24) is 15.3 Å². The molecule has 1 aromatic heterocycles. The van der Waals surface area contributed by atoms with Crippen molar-refractivity contribution in [1.29, 1.82) is 0 Å². The molecule has 3 nitrogen and oxygen atoms in total. The zero-order chi connectivity index (χ0) is 12.5. The van der Waals surface area contributed by atoms with Crippen LogP contribution in [0.25, 0.3) is 11.3 Å². The Bertz CT molecular complexity index is 530. The summed E-state index contributed by atoms with van der Waals surface area (Å²) in [4.78, 5) is 7.97. The Hall–Kier alpha value is -1.61. The van der Waals surface area contributed by atoms with Gasteiger partial charge in [-0.1, -0.05) is 17.2 Å². The van der Waals surface area contributed by atoms with E-state index in [1.807, 2.05) is 6.20 Å². The Morgan fingerprint density at radius 1 is 1.17 bits per heavy atom. The lowest BCUT2D eigenvalue weighted by atomic mass is 10.1. The van der Waals surface area contributed by atoms with Crippen LogP contribution in [-0.4, -0.2) is 16.5 Å². The first kappa shape index (κ1) is 11.5. The molecule has 2 N–H and O–H groups in total. The number of rotatable bonds is 2. The Morgan fingerprint density at radius 3 is 2.61 bits per heavy atom. The van der Waals surface area contributed by atoms with Gasteiger partial charge in [0.1, 0.15) is 5.82 Å². The number of aromatic nitrogens is 2. The molecule has 1 saturated heterocycles. The van der Waals surface area contributed by atoms with E-state index < -0.39 is 0 Å². The highest BCUT2D eigenvalue weighted by Gasteiger charge is 2.19. The molecule has 94 valence electrons. The molecule has 18 heavy (non-hydrogen) atoms. The maximum Gasteiger partial charge on any atom is 0.123 e. The number of benzene rings is 1. The molecule has 0 amide bonds. The van der Waals surface area contributed by atoms with E-state index in [0.29, 0.717) is 6.04 Å². The number of nitrogens with one attached hydrogen (secondary N) is 2. The van der Waals surface area contributed by atoms with Gasteiger partial charge in [-0.3, -0.25) is 0 Å². The number of nitrogens with zero attached hydrogens (tertiary/aromatic N) is 1. The summed E-state index contributed by atoms with van der Waals surface area (Å²) in [5, 5.41) is 3.47. The lowest BCUT2D eigenvalue weighted by Gasteiger charge is -2.06. The van der Waals surface area contributed by atoms with Gasteiger partial charge in [-0.25, -0.2) is 4.98 Å². The van der Waals surface area contributed by atoms with Gasteiger partial charge in [-0.2, -0.15) is 0 Å².